The smallest absolute Gasteiger partial charge is 0.223 e. The number of rotatable bonds is 6. The predicted molar refractivity (Wildman–Crippen MR) is 89.4 cm³/mol. The Hall–Kier alpha value is -1.88. The predicted octanol–water partition coefficient (Wildman–Crippen LogP) is 2.97. The minimum atomic E-state index is 0.0825. The average molecular weight is 333 g/mol. The van der Waals surface area contributed by atoms with Gasteiger partial charge in [-0.3, -0.25) is 4.79 Å². The third kappa shape index (κ3) is 3.72. The summed E-state index contributed by atoms with van der Waals surface area (Å²) in [5, 5.41) is 11.8. The van der Waals surface area contributed by atoms with Gasteiger partial charge in [-0.25, -0.2) is 0 Å². The van der Waals surface area contributed by atoms with Crippen LogP contribution >= 0.6 is 11.6 Å². The van der Waals surface area contributed by atoms with Crippen molar-refractivity contribution in [3.63, 3.8) is 0 Å². The number of hydrogen-bond donors (Lipinski definition) is 1. The van der Waals surface area contributed by atoms with Crippen LogP contribution in [-0.4, -0.2) is 27.2 Å². The molecule has 23 heavy (non-hydrogen) atoms. The molecule has 1 heterocycles. The van der Waals surface area contributed by atoms with Gasteiger partial charge in [0.2, 0.25) is 5.91 Å². The molecule has 3 rings (SSSR count). The molecule has 5 nitrogen and oxygen atoms in total. The van der Waals surface area contributed by atoms with Gasteiger partial charge in [-0.1, -0.05) is 23.7 Å². The Bertz CT molecular complexity index is 680. The Balaban J connectivity index is 1.47. The van der Waals surface area contributed by atoms with Crippen molar-refractivity contribution in [3.05, 3.63) is 47.0 Å². The van der Waals surface area contributed by atoms with E-state index in [4.69, 9.17) is 11.6 Å². The maximum Gasteiger partial charge on any atom is 0.223 e. The summed E-state index contributed by atoms with van der Waals surface area (Å²) in [6, 6.07) is 8.09. The van der Waals surface area contributed by atoms with E-state index in [0.717, 1.165) is 17.3 Å². The van der Waals surface area contributed by atoms with Crippen molar-refractivity contribution in [3.8, 4) is 0 Å². The molecule has 0 unspecified atom stereocenters. The maximum absolute atomic E-state index is 12.2. The van der Waals surface area contributed by atoms with Crippen LogP contribution in [0.3, 0.4) is 0 Å². The maximum atomic E-state index is 12.2. The first kappa shape index (κ1) is 16.0. The van der Waals surface area contributed by atoms with Crippen LogP contribution < -0.4 is 5.32 Å². The Morgan fingerprint density at radius 2 is 2.13 bits per heavy atom. The highest BCUT2D eigenvalue weighted by molar-refractivity contribution is 6.30. The SMILES string of the molecule is CC(C)n1cnnc1CCNC(=O)[C@@H]1C[C@H]1c1ccc(Cl)cc1. The van der Waals surface area contributed by atoms with Gasteiger partial charge in [0.1, 0.15) is 12.2 Å². The van der Waals surface area contributed by atoms with E-state index >= 15 is 0 Å². The number of benzene rings is 1. The van der Waals surface area contributed by atoms with E-state index in [-0.39, 0.29) is 11.8 Å². The summed E-state index contributed by atoms with van der Waals surface area (Å²) in [5.41, 5.74) is 1.19. The summed E-state index contributed by atoms with van der Waals surface area (Å²) in [7, 11) is 0. The van der Waals surface area contributed by atoms with Crippen LogP contribution in [0.4, 0.5) is 0 Å². The molecule has 0 radical (unpaired) electrons. The molecule has 1 N–H and O–H groups in total. The second-order valence-electron chi connectivity index (χ2n) is 6.29. The number of nitrogens with one attached hydrogen (secondary N) is 1. The third-order valence-corrected chi connectivity index (χ3v) is 4.53. The van der Waals surface area contributed by atoms with Gasteiger partial charge in [0.05, 0.1) is 0 Å². The van der Waals surface area contributed by atoms with Gasteiger partial charge < -0.3 is 9.88 Å². The molecule has 2 aromatic rings. The lowest BCUT2D eigenvalue weighted by atomic mass is 10.1. The number of hydrogen-bond acceptors (Lipinski definition) is 3. The van der Waals surface area contributed by atoms with E-state index in [2.05, 4.69) is 29.4 Å². The van der Waals surface area contributed by atoms with Crippen molar-refractivity contribution in [2.45, 2.75) is 38.6 Å². The van der Waals surface area contributed by atoms with Crippen LogP contribution in [0.15, 0.2) is 30.6 Å². The fraction of sp³-hybridized carbons (Fsp3) is 0.471. The monoisotopic (exact) mass is 332 g/mol. The number of amides is 1. The van der Waals surface area contributed by atoms with Crippen molar-refractivity contribution in [1.29, 1.82) is 0 Å². The molecule has 0 bridgehead atoms. The van der Waals surface area contributed by atoms with E-state index in [9.17, 15) is 4.79 Å². The van der Waals surface area contributed by atoms with Gasteiger partial charge >= 0.3 is 0 Å². The quantitative estimate of drug-likeness (QED) is 0.884. The molecule has 122 valence electrons. The zero-order chi connectivity index (χ0) is 16.4. The Labute approximate surface area is 141 Å². The fourth-order valence-corrected chi connectivity index (χ4v) is 2.99. The molecule has 6 heteroatoms. The Morgan fingerprint density at radius 3 is 2.83 bits per heavy atom. The minimum absolute atomic E-state index is 0.0825. The van der Waals surface area contributed by atoms with Crippen LogP contribution in [0.5, 0.6) is 0 Å². The second kappa shape index (κ2) is 6.71. The summed E-state index contributed by atoms with van der Waals surface area (Å²) >= 11 is 5.90. The van der Waals surface area contributed by atoms with Crippen LogP contribution in [-0.2, 0) is 11.2 Å². The van der Waals surface area contributed by atoms with E-state index in [1.165, 1.54) is 5.56 Å². The Kier molecular flexibility index (Phi) is 4.66. The fourth-order valence-electron chi connectivity index (χ4n) is 2.87. The molecule has 1 aliphatic carbocycles. The lowest BCUT2D eigenvalue weighted by Gasteiger charge is -2.10. The normalized spacial score (nSPS) is 19.8. The second-order valence-corrected chi connectivity index (χ2v) is 6.73. The van der Waals surface area contributed by atoms with Gasteiger partial charge in [-0.2, -0.15) is 0 Å². The molecular weight excluding hydrogens is 312 g/mol. The standard InChI is InChI=1S/C17H21ClN4O/c1-11(2)22-10-20-21-16(22)7-8-19-17(23)15-9-14(15)12-3-5-13(18)6-4-12/h3-6,10-11,14-15H,7-9H2,1-2H3,(H,19,23)/t14-,15+/m0/s1. The summed E-state index contributed by atoms with van der Waals surface area (Å²) < 4.78 is 2.03. The summed E-state index contributed by atoms with van der Waals surface area (Å²) in [6.07, 6.45) is 3.34. The molecule has 1 aromatic carbocycles. The molecule has 0 aliphatic heterocycles. The lowest BCUT2D eigenvalue weighted by Crippen LogP contribution is -2.28. The van der Waals surface area contributed by atoms with E-state index in [1.54, 1.807) is 6.33 Å². The largest absolute Gasteiger partial charge is 0.355 e. The Morgan fingerprint density at radius 1 is 1.39 bits per heavy atom. The number of aromatic nitrogens is 3. The highest BCUT2D eigenvalue weighted by Crippen LogP contribution is 2.47. The van der Waals surface area contributed by atoms with Gasteiger partial charge in [-0.15, -0.1) is 10.2 Å². The molecular formula is C17H21ClN4O. The number of nitrogens with zero attached hydrogens (tertiary/aromatic N) is 3. The highest BCUT2D eigenvalue weighted by Gasteiger charge is 2.43. The zero-order valence-corrected chi connectivity index (χ0v) is 14.1. The van der Waals surface area contributed by atoms with Gasteiger partial charge in [-0.05, 0) is 43.9 Å². The number of carbonyl (C=O) groups excluding carboxylic acids is 1. The molecule has 2 atom stereocenters. The molecule has 1 fully saturated rings. The van der Waals surface area contributed by atoms with Crippen LogP contribution in [0.25, 0.3) is 0 Å². The topological polar surface area (TPSA) is 59.8 Å². The molecule has 1 saturated carbocycles. The molecule has 0 saturated heterocycles. The molecule has 0 spiro atoms. The molecule has 1 aliphatic rings. The van der Waals surface area contributed by atoms with E-state index < -0.39 is 0 Å². The van der Waals surface area contributed by atoms with Crippen molar-refractivity contribution < 1.29 is 4.79 Å². The van der Waals surface area contributed by atoms with Crippen molar-refractivity contribution in [1.82, 2.24) is 20.1 Å². The minimum Gasteiger partial charge on any atom is -0.355 e. The number of halogens is 1. The first-order chi connectivity index (χ1) is 11.1. The van der Waals surface area contributed by atoms with E-state index in [1.807, 2.05) is 28.8 Å². The molecule has 1 amide bonds. The average Bonchev–Trinajstić information content (AvgIpc) is 3.18. The van der Waals surface area contributed by atoms with Crippen LogP contribution in [0, 0.1) is 5.92 Å². The zero-order valence-electron chi connectivity index (χ0n) is 13.4. The third-order valence-electron chi connectivity index (χ3n) is 4.28. The van der Waals surface area contributed by atoms with Crippen molar-refractivity contribution in [2.75, 3.05) is 6.54 Å². The van der Waals surface area contributed by atoms with Crippen LogP contribution in [0.2, 0.25) is 5.02 Å². The number of carbonyl (C=O) groups is 1. The van der Waals surface area contributed by atoms with E-state index in [0.29, 0.717) is 24.9 Å². The van der Waals surface area contributed by atoms with Gasteiger partial charge in [0.15, 0.2) is 0 Å². The molecule has 1 aromatic heterocycles. The first-order valence-corrected chi connectivity index (χ1v) is 8.35. The highest BCUT2D eigenvalue weighted by atomic mass is 35.5. The summed E-state index contributed by atoms with van der Waals surface area (Å²) in [5.74, 6) is 1.44. The van der Waals surface area contributed by atoms with Gasteiger partial charge in [0.25, 0.3) is 0 Å². The van der Waals surface area contributed by atoms with Gasteiger partial charge in [0, 0.05) is 29.9 Å². The lowest BCUT2D eigenvalue weighted by molar-refractivity contribution is -0.122. The first-order valence-electron chi connectivity index (χ1n) is 7.98. The summed E-state index contributed by atoms with van der Waals surface area (Å²) in [6.45, 7) is 4.77. The van der Waals surface area contributed by atoms with Crippen LogP contribution in [0.1, 0.15) is 43.6 Å². The van der Waals surface area contributed by atoms with Crippen molar-refractivity contribution in [2.24, 2.45) is 5.92 Å². The summed E-state index contributed by atoms with van der Waals surface area (Å²) in [4.78, 5) is 12.2. The van der Waals surface area contributed by atoms with Crippen molar-refractivity contribution >= 4 is 17.5 Å².